The molecule has 11 N–H and O–H groups in total. The number of ether oxygens (including phenoxy) is 6. The molecule has 0 saturated carbocycles. The van der Waals surface area contributed by atoms with Crippen LogP contribution in [0.4, 0.5) is 0 Å². The Labute approximate surface area is 328 Å². The van der Waals surface area contributed by atoms with Gasteiger partial charge in [0.1, 0.15) is 72.3 Å². The van der Waals surface area contributed by atoms with Gasteiger partial charge in [-0.25, -0.2) is 9.21 Å². The first-order chi connectivity index (χ1) is 26.7. The maximum atomic E-state index is 12.6. The Hall–Kier alpha value is -5.19. The maximum absolute atomic E-state index is 12.6. The van der Waals surface area contributed by atoms with E-state index in [0.717, 1.165) is 30.3 Å². The summed E-state index contributed by atoms with van der Waals surface area (Å²) in [6.45, 7) is -1.39. The normalized spacial score (nSPS) is 27.4. The Morgan fingerprint density at radius 3 is 2.00 bits per heavy atom. The molecule has 0 spiro atoms. The van der Waals surface area contributed by atoms with Gasteiger partial charge in [0, 0.05) is 24.3 Å². The molecule has 0 bridgehead atoms. The van der Waals surface area contributed by atoms with Gasteiger partial charge in [0.15, 0.2) is 23.0 Å². The first-order valence-electron chi connectivity index (χ1n) is 16.9. The second-order valence-electron chi connectivity index (χ2n) is 12.8. The molecule has 3 heterocycles. The van der Waals surface area contributed by atoms with Gasteiger partial charge < -0.3 is 97.0 Å². The fourth-order valence-electron chi connectivity index (χ4n) is 5.96. The quantitative estimate of drug-likeness (QED) is 0.0308. The average molecular weight is 823 g/mol. The van der Waals surface area contributed by atoms with Crippen LogP contribution in [0.5, 0.6) is 40.2 Å². The predicted octanol–water partition coefficient (Wildman–Crippen LogP) is -3.16. The molecule has 20 heteroatoms. The molecule has 4 aromatic rings. The highest BCUT2D eigenvalue weighted by molar-refractivity contribution is 5.89. The van der Waals surface area contributed by atoms with Crippen molar-refractivity contribution in [2.75, 3.05) is 20.3 Å². The van der Waals surface area contributed by atoms with E-state index < -0.39 is 97.8 Å². The van der Waals surface area contributed by atoms with Crippen molar-refractivity contribution in [1.29, 1.82) is 0 Å². The Kier molecular flexibility index (Phi) is 13.5. The number of aliphatic hydroxyl groups excluding tert-OH is 7. The van der Waals surface area contributed by atoms with Crippen LogP contribution in [0.1, 0.15) is 5.56 Å². The number of carbonyl (C=O) groups excluding carboxylic acids is 1. The van der Waals surface area contributed by atoms with E-state index in [0.29, 0.717) is 5.56 Å². The van der Waals surface area contributed by atoms with Crippen molar-refractivity contribution in [1.82, 2.24) is 0 Å². The van der Waals surface area contributed by atoms with E-state index in [-0.39, 0.29) is 57.7 Å². The van der Waals surface area contributed by atoms with Crippen LogP contribution in [0.25, 0.3) is 28.4 Å². The second kappa shape index (κ2) is 17.9. The number of halogens is 1. The van der Waals surface area contributed by atoms with Crippen molar-refractivity contribution in [3.8, 4) is 51.6 Å². The number of aliphatic hydroxyl groups is 7. The van der Waals surface area contributed by atoms with Crippen LogP contribution >= 0.6 is 0 Å². The van der Waals surface area contributed by atoms with E-state index in [9.17, 15) is 61.0 Å². The van der Waals surface area contributed by atoms with Crippen LogP contribution in [0.2, 0.25) is 0 Å². The molecule has 2 aliphatic rings. The van der Waals surface area contributed by atoms with Gasteiger partial charge in [-0.3, -0.25) is 0 Å². The molecule has 1 aromatic heterocycles. The molecule has 308 valence electrons. The van der Waals surface area contributed by atoms with Gasteiger partial charge >= 0.3 is 17.3 Å². The summed E-state index contributed by atoms with van der Waals surface area (Å²) < 4.78 is 39.3. The molecule has 2 fully saturated rings. The number of rotatable bonds is 11. The summed E-state index contributed by atoms with van der Waals surface area (Å²) in [4.78, 5) is 12.6. The Bertz CT molecular complexity index is 2080. The summed E-state index contributed by atoms with van der Waals surface area (Å²) in [7, 11) is 1.35. The minimum absolute atomic E-state index is 0. The first kappa shape index (κ1) is 42.9. The Balaban J connectivity index is 0.00000620. The van der Waals surface area contributed by atoms with Crippen LogP contribution in [-0.4, -0.2) is 144 Å². The summed E-state index contributed by atoms with van der Waals surface area (Å²) in [5, 5.41) is 114. The van der Waals surface area contributed by atoms with Crippen LogP contribution < -0.4 is 26.6 Å². The number of esters is 1. The molecule has 10 unspecified atom stereocenters. The summed E-state index contributed by atoms with van der Waals surface area (Å²) in [6, 6.07) is 11.4. The Morgan fingerprint density at radius 2 is 1.35 bits per heavy atom. The number of hydrogen-bond donors (Lipinski definition) is 11. The van der Waals surface area contributed by atoms with Gasteiger partial charge in [0.25, 0.3) is 0 Å². The highest BCUT2D eigenvalue weighted by Crippen LogP contribution is 2.43. The molecule has 2 saturated heterocycles. The largest absolute Gasteiger partial charge is 1.00 e. The third kappa shape index (κ3) is 9.18. The number of benzene rings is 3. The molecule has 0 aliphatic carbocycles. The maximum Gasteiger partial charge on any atom is 0.402 e. The van der Waals surface area contributed by atoms with E-state index in [4.69, 9.17) is 32.8 Å². The number of carbonyl (C=O) groups is 1. The molecule has 57 heavy (non-hydrogen) atoms. The molecular formula is C37H39ClO19. The minimum Gasteiger partial charge on any atom is -1.00 e. The molecular weight excluding hydrogens is 784 g/mol. The molecule has 19 nitrogen and oxygen atoms in total. The van der Waals surface area contributed by atoms with Gasteiger partial charge in [-0.15, -0.1) is 0 Å². The third-order valence-electron chi connectivity index (χ3n) is 9.05. The molecule has 3 aromatic carbocycles. The van der Waals surface area contributed by atoms with E-state index in [1.165, 1.54) is 43.5 Å². The van der Waals surface area contributed by atoms with E-state index in [1.54, 1.807) is 0 Å². The van der Waals surface area contributed by atoms with Crippen LogP contribution in [0.15, 0.2) is 65.1 Å². The van der Waals surface area contributed by atoms with E-state index in [2.05, 4.69) is 0 Å². The summed E-state index contributed by atoms with van der Waals surface area (Å²) >= 11 is 0. The van der Waals surface area contributed by atoms with Gasteiger partial charge in [-0.2, -0.15) is 0 Å². The zero-order valence-corrected chi connectivity index (χ0v) is 30.4. The monoisotopic (exact) mass is 822 g/mol. The topological polar surface area (TPSA) is 306 Å². The fourth-order valence-corrected chi connectivity index (χ4v) is 5.96. The van der Waals surface area contributed by atoms with Gasteiger partial charge in [-0.05, 0) is 35.9 Å². The number of aromatic hydroxyl groups is 4. The smallest absolute Gasteiger partial charge is 0.402 e. The van der Waals surface area contributed by atoms with Gasteiger partial charge in [-0.1, -0.05) is 6.07 Å². The number of fused-ring (bicyclic) bond motifs is 1. The lowest BCUT2D eigenvalue weighted by molar-refractivity contribution is -0.278. The van der Waals surface area contributed by atoms with Crippen molar-refractivity contribution in [2.45, 2.75) is 61.4 Å². The minimum atomic E-state index is -1.93. The zero-order valence-electron chi connectivity index (χ0n) is 29.6. The zero-order chi connectivity index (χ0) is 40.4. The first-order valence-corrected chi connectivity index (χ1v) is 16.9. The number of phenols is 4. The van der Waals surface area contributed by atoms with Gasteiger partial charge in [0.05, 0.1) is 25.3 Å². The molecule has 10 atom stereocenters. The van der Waals surface area contributed by atoms with Crippen molar-refractivity contribution in [3.05, 3.63) is 66.2 Å². The highest BCUT2D eigenvalue weighted by Gasteiger charge is 2.47. The number of phenolic OH excluding ortho intramolecular Hbond substituents is 4. The summed E-state index contributed by atoms with van der Waals surface area (Å²) in [6.07, 6.45) is -14.8. The lowest BCUT2D eigenvalue weighted by Crippen LogP contribution is -3.00. The average Bonchev–Trinajstić information content (AvgIpc) is 3.18. The van der Waals surface area contributed by atoms with Crippen molar-refractivity contribution >= 4 is 23.0 Å². The lowest BCUT2D eigenvalue weighted by atomic mass is 9.99. The Morgan fingerprint density at radius 1 is 0.719 bits per heavy atom. The van der Waals surface area contributed by atoms with E-state index >= 15 is 0 Å². The van der Waals surface area contributed by atoms with Gasteiger partial charge in [0.2, 0.25) is 18.3 Å². The van der Waals surface area contributed by atoms with Crippen LogP contribution in [0, 0.1) is 0 Å². The number of hydrogen-bond acceptors (Lipinski definition) is 18. The van der Waals surface area contributed by atoms with Crippen molar-refractivity contribution in [2.24, 2.45) is 0 Å². The molecule has 6 rings (SSSR count). The SMILES string of the molecule is COc1cc(C=CC(=O)OCC2OC(Oc3cc4c(OC5OC(CO)C(O)C(O)C5O)cc(O)cc4[o+]c3-c3ccc(O)c(O)c3)C(O)C(O)C2O)ccc1O.[Cl-]. The van der Waals surface area contributed by atoms with E-state index in [1.807, 2.05) is 0 Å². The number of methoxy groups -OCH3 is 1. The standard InChI is InChI=1S/C37H38O19.ClH/c1-50-24-8-15(2-5-20(24)41)3-7-28(43)51-14-27-30(45)32(47)34(49)37(56-27)54-25-12-18-22(52-35(25)16-4-6-19(40)21(42)9-16)10-17(39)11-23(18)53-36-33(48)31(46)29(44)26(13-38)55-36;/h2-12,26-27,29-34,36-38,44-49H,13-14H2,1H3,(H3-,39,40,41,42,43);1H. The van der Waals surface area contributed by atoms with Crippen LogP contribution in [-0.2, 0) is 19.0 Å². The third-order valence-corrected chi connectivity index (χ3v) is 9.05. The molecule has 0 amide bonds. The summed E-state index contributed by atoms with van der Waals surface area (Å²) in [5.74, 6) is -3.05. The fraction of sp³-hybridized carbons (Fsp3) is 0.351. The summed E-state index contributed by atoms with van der Waals surface area (Å²) in [5.41, 5.74) is 0.447. The van der Waals surface area contributed by atoms with Crippen molar-refractivity contribution in [3.63, 3.8) is 0 Å². The second-order valence-corrected chi connectivity index (χ2v) is 12.8. The van der Waals surface area contributed by atoms with Crippen molar-refractivity contribution < 1.29 is 106 Å². The van der Waals surface area contributed by atoms with Crippen LogP contribution in [0.3, 0.4) is 0 Å². The predicted molar refractivity (Wildman–Crippen MR) is 187 cm³/mol. The highest BCUT2D eigenvalue weighted by atomic mass is 35.5. The molecule has 2 aliphatic heterocycles. The molecule has 0 radical (unpaired) electrons. The lowest BCUT2D eigenvalue weighted by Gasteiger charge is -2.39.